The van der Waals surface area contributed by atoms with Gasteiger partial charge in [0.1, 0.15) is 5.75 Å². The van der Waals surface area contributed by atoms with Crippen molar-refractivity contribution in [1.82, 2.24) is 0 Å². The van der Waals surface area contributed by atoms with Crippen LogP contribution in [0.1, 0.15) is 6.92 Å². The lowest BCUT2D eigenvalue weighted by atomic mass is 10.1. The molecule has 0 aliphatic heterocycles. The van der Waals surface area contributed by atoms with E-state index in [1.54, 1.807) is 26.1 Å². The minimum absolute atomic E-state index is 0. The average Bonchev–Trinajstić information content (AvgIpc) is 2.36. The number of fused-ring (bicyclic) bond motifs is 1. The van der Waals surface area contributed by atoms with Gasteiger partial charge in [0.25, 0.3) is 0 Å². The van der Waals surface area contributed by atoms with Crippen molar-refractivity contribution in [3.05, 3.63) is 36.4 Å². The van der Waals surface area contributed by atoms with Gasteiger partial charge in [0.15, 0.2) is 0 Å². The lowest BCUT2D eigenvalue weighted by Gasteiger charge is -2.21. The second kappa shape index (κ2) is 5.91. The van der Waals surface area contributed by atoms with Crippen molar-refractivity contribution in [1.29, 1.82) is 0 Å². The first-order valence-corrected chi connectivity index (χ1v) is 5.75. The Morgan fingerprint density at radius 3 is 2.63 bits per heavy atom. The molecule has 5 heteroatoms. The van der Waals surface area contributed by atoms with Crippen LogP contribution < -0.4 is 10.6 Å². The van der Waals surface area contributed by atoms with Crippen molar-refractivity contribution >= 4 is 34.8 Å². The van der Waals surface area contributed by atoms with Crippen molar-refractivity contribution < 1.29 is 9.90 Å². The van der Waals surface area contributed by atoms with E-state index in [2.05, 4.69) is 0 Å². The largest absolute Gasteiger partial charge is 0.508 e. The molecule has 0 spiro atoms. The fourth-order valence-corrected chi connectivity index (χ4v) is 1.96. The molecule has 2 aromatic rings. The van der Waals surface area contributed by atoms with Crippen LogP contribution >= 0.6 is 12.4 Å². The number of carbonyl (C=O) groups is 1. The van der Waals surface area contributed by atoms with Gasteiger partial charge in [-0.3, -0.25) is 4.79 Å². The van der Waals surface area contributed by atoms with Gasteiger partial charge in [-0.05, 0) is 30.5 Å². The van der Waals surface area contributed by atoms with Crippen LogP contribution in [-0.2, 0) is 4.79 Å². The predicted octanol–water partition coefficient (Wildman–Crippen LogP) is 2.28. The zero-order valence-electron chi connectivity index (χ0n) is 10.8. The Bertz CT molecular complexity index is 599. The van der Waals surface area contributed by atoms with E-state index in [-0.39, 0.29) is 24.1 Å². The number of carbonyl (C=O) groups excluding carboxylic acids is 1. The topological polar surface area (TPSA) is 66.6 Å². The SMILES string of the molecule is CC(N)C(=O)N(C)c1cccc2ccc(O)cc12.Cl. The fourth-order valence-electron chi connectivity index (χ4n) is 1.96. The summed E-state index contributed by atoms with van der Waals surface area (Å²) in [5.41, 5.74) is 6.35. The molecule has 2 aromatic carbocycles. The smallest absolute Gasteiger partial charge is 0.243 e. The van der Waals surface area contributed by atoms with E-state index in [0.29, 0.717) is 0 Å². The number of phenols is 1. The molecule has 0 aromatic heterocycles. The van der Waals surface area contributed by atoms with Crippen LogP contribution in [0, 0.1) is 0 Å². The summed E-state index contributed by atoms with van der Waals surface area (Å²) in [5, 5.41) is 11.4. The number of hydrogen-bond acceptors (Lipinski definition) is 3. The lowest BCUT2D eigenvalue weighted by molar-refractivity contribution is -0.119. The van der Waals surface area contributed by atoms with E-state index >= 15 is 0 Å². The Kier molecular flexibility index (Phi) is 4.75. The molecule has 0 saturated carbocycles. The number of benzene rings is 2. The Labute approximate surface area is 118 Å². The van der Waals surface area contributed by atoms with E-state index in [1.807, 2.05) is 24.3 Å². The molecule has 102 valence electrons. The maximum absolute atomic E-state index is 11.9. The third kappa shape index (κ3) is 2.97. The van der Waals surface area contributed by atoms with Crippen molar-refractivity contribution in [2.24, 2.45) is 5.73 Å². The Balaban J connectivity index is 0.00000180. The summed E-state index contributed by atoms with van der Waals surface area (Å²) < 4.78 is 0. The molecule has 0 radical (unpaired) electrons. The lowest BCUT2D eigenvalue weighted by Crippen LogP contribution is -2.39. The number of rotatable bonds is 2. The van der Waals surface area contributed by atoms with Crippen molar-refractivity contribution in [2.45, 2.75) is 13.0 Å². The van der Waals surface area contributed by atoms with Gasteiger partial charge in [0.2, 0.25) is 5.91 Å². The number of anilines is 1. The quantitative estimate of drug-likeness (QED) is 0.887. The molecule has 0 saturated heterocycles. The number of amides is 1. The maximum atomic E-state index is 11.9. The Morgan fingerprint density at radius 1 is 1.32 bits per heavy atom. The molecule has 0 aliphatic rings. The van der Waals surface area contributed by atoms with Crippen molar-refractivity contribution in [3.63, 3.8) is 0 Å². The number of nitrogens with two attached hydrogens (primary N) is 1. The second-order valence-corrected chi connectivity index (χ2v) is 4.37. The molecule has 0 bridgehead atoms. The van der Waals surface area contributed by atoms with Crippen LogP contribution in [0.2, 0.25) is 0 Å². The summed E-state index contributed by atoms with van der Waals surface area (Å²) in [6.45, 7) is 1.65. The molecular formula is C14H17ClN2O2. The first-order valence-electron chi connectivity index (χ1n) is 5.75. The highest BCUT2D eigenvalue weighted by atomic mass is 35.5. The summed E-state index contributed by atoms with van der Waals surface area (Å²) in [4.78, 5) is 13.4. The molecule has 0 heterocycles. The number of aromatic hydroxyl groups is 1. The van der Waals surface area contributed by atoms with Crippen LogP contribution in [0.5, 0.6) is 5.75 Å². The first-order chi connectivity index (χ1) is 8.50. The van der Waals surface area contributed by atoms with Gasteiger partial charge < -0.3 is 15.7 Å². The first kappa shape index (κ1) is 15.3. The number of halogens is 1. The average molecular weight is 281 g/mol. The van der Waals surface area contributed by atoms with E-state index in [0.717, 1.165) is 16.5 Å². The summed E-state index contributed by atoms with van der Waals surface area (Å²) in [6.07, 6.45) is 0. The third-order valence-corrected chi connectivity index (χ3v) is 2.92. The highest BCUT2D eigenvalue weighted by molar-refractivity contribution is 6.05. The number of phenolic OH excluding ortho intramolecular Hbond substituents is 1. The standard InChI is InChI=1S/C14H16N2O2.ClH/c1-9(15)14(18)16(2)13-5-3-4-10-6-7-11(17)8-12(10)13;/h3-9,17H,15H2,1-2H3;1H. The minimum atomic E-state index is -0.553. The fraction of sp³-hybridized carbons (Fsp3) is 0.214. The molecule has 0 fully saturated rings. The highest BCUT2D eigenvalue weighted by Crippen LogP contribution is 2.29. The minimum Gasteiger partial charge on any atom is -0.508 e. The van der Waals surface area contributed by atoms with E-state index in [4.69, 9.17) is 5.73 Å². The van der Waals surface area contributed by atoms with Crippen LogP contribution in [0.15, 0.2) is 36.4 Å². The Morgan fingerprint density at radius 2 is 2.00 bits per heavy atom. The highest BCUT2D eigenvalue weighted by Gasteiger charge is 2.16. The number of hydrogen-bond donors (Lipinski definition) is 2. The molecule has 2 rings (SSSR count). The molecule has 1 atom stereocenters. The molecule has 3 N–H and O–H groups in total. The second-order valence-electron chi connectivity index (χ2n) is 4.37. The summed E-state index contributed by atoms with van der Waals surface area (Å²) >= 11 is 0. The van der Waals surface area contributed by atoms with E-state index < -0.39 is 6.04 Å². The van der Waals surface area contributed by atoms with Gasteiger partial charge in [0, 0.05) is 12.4 Å². The summed E-state index contributed by atoms with van der Waals surface area (Å²) in [6, 6.07) is 10.2. The maximum Gasteiger partial charge on any atom is 0.243 e. The van der Waals surface area contributed by atoms with Gasteiger partial charge in [0.05, 0.1) is 11.7 Å². The molecule has 1 amide bonds. The van der Waals surface area contributed by atoms with Crippen LogP contribution in [0.3, 0.4) is 0 Å². The van der Waals surface area contributed by atoms with Gasteiger partial charge in [-0.1, -0.05) is 18.2 Å². The third-order valence-electron chi connectivity index (χ3n) is 2.92. The molecule has 4 nitrogen and oxygen atoms in total. The van der Waals surface area contributed by atoms with Gasteiger partial charge in [-0.2, -0.15) is 0 Å². The zero-order valence-corrected chi connectivity index (χ0v) is 11.6. The van der Waals surface area contributed by atoms with Gasteiger partial charge in [-0.25, -0.2) is 0 Å². The van der Waals surface area contributed by atoms with Crippen molar-refractivity contribution in [2.75, 3.05) is 11.9 Å². The molecular weight excluding hydrogens is 264 g/mol. The monoisotopic (exact) mass is 280 g/mol. The van der Waals surface area contributed by atoms with Crippen LogP contribution in [0.25, 0.3) is 10.8 Å². The van der Waals surface area contributed by atoms with Crippen molar-refractivity contribution in [3.8, 4) is 5.75 Å². The summed E-state index contributed by atoms with van der Waals surface area (Å²) in [5.74, 6) is 0.0161. The number of nitrogens with zero attached hydrogens (tertiary/aromatic N) is 1. The van der Waals surface area contributed by atoms with E-state index in [1.165, 1.54) is 4.90 Å². The Hall–Kier alpha value is -1.78. The van der Waals surface area contributed by atoms with Crippen LogP contribution in [-0.4, -0.2) is 24.1 Å². The van der Waals surface area contributed by atoms with Gasteiger partial charge >= 0.3 is 0 Å². The van der Waals surface area contributed by atoms with Gasteiger partial charge in [-0.15, -0.1) is 12.4 Å². The normalized spacial score (nSPS) is 11.7. The molecule has 1 unspecified atom stereocenters. The van der Waals surface area contributed by atoms with Crippen LogP contribution in [0.4, 0.5) is 5.69 Å². The summed E-state index contributed by atoms with van der Waals surface area (Å²) in [7, 11) is 1.69. The number of likely N-dealkylation sites (N-methyl/N-ethyl adjacent to an activating group) is 1. The molecule has 19 heavy (non-hydrogen) atoms. The van der Waals surface area contributed by atoms with E-state index in [9.17, 15) is 9.90 Å². The molecule has 0 aliphatic carbocycles. The predicted molar refractivity (Wildman–Crippen MR) is 79.9 cm³/mol. The zero-order chi connectivity index (χ0) is 13.3.